The summed E-state index contributed by atoms with van der Waals surface area (Å²) in [6, 6.07) is 8.15. The lowest BCUT2D eigenvalue weighted by Gasteiger charge is -2.26. The highest BCUT2D eigenvalue weighted by Crippen LogP contribution is 2.31. The van der Waals surface area contributed by atoms with Gasteiger partial charge in [-0.2, -0.15) is 11.8 Å². The predicted molar refractivity (Wildman–Crippen MR) is 80.7 cm³/mol. The molecule has 2 aliphatic heterocycles. The van der Waals surface area contributed by atoms with E-state index < -0.39 is 0 Å². The van der Waals surface area contributed by atoms with Gasteiger partial charge in [0.15, 0.2) is 0 Å². The number of nitrogens with one attached hydrogen (secondary N) is 2. The van der Waals surface area contributed by atoms with Crippen LogP contribution in [0.1, 0.15) is 24.3 Å². The van der Waals surface area contributed by atoms with Gasteiger partial charge in [0, 0.05) is 18.8 Å². The average Bonchev–Trinajstić information content (AvgIpc) is 2.97. The number of thioether (sulfide) groups is 1. The Morgan fingerprint density at radius 1 is 1.37 bits per heavy atom. The minimum absolute atomic E-state index is 0.0199. The van der Waals surface area contributed by atoms with Crippen molar-refractivity contribution in [2.45, 2.75) is 18.8 Å². The Bertz CT molecular complexity index is 457. The molecule has 2 N–H and O–H groups in total. The molecule has 2 atom stereocenters. The molecule has 2 aliphatic rings. The van der Waals surface area contributed by atoms with Gasteiger partial charge in [-0.05, 0) is 41.9 Å². The fourth-order valence-electron chi connectivity index (χ4n) is 2.85. The van der Waals surface area contributed by atoms with Crippen molar-refractivity contribution >= 4 is 23.4 Å². The summed E-state index contributed by atoms with van der Waals surface area (Å²) in [5, 5.41) is 6.52. The Morgan fingerprint density at radius 3 is 3.11 bits per heavy atom. The third-order valence-corrected chi connectivity index (χ3v) is 5.22. The number of carbonyl (C=O) groups excluding carboxylic acids is 1. The van der Waals surface area contributed by atoms with Crippen LogP contribution in [-0.4, -0.2) is 30.5 Å². The Kier molecular flexibility index (Phi) is 3.97. The topological polar surface area (TPSA) is 41.1 Å². The van der Waals surface area contributed by atoms with Crippen molar-refractivity contribution in [2.75, 3.05) is 29.9 Å². The predicted octanol–water partition coefficient (Wildman–Crippen LogP) is 2.46. The Morgan fingerprint density at radius 2 is 2.26 bits per heavy atom. The molecule has 2 unspecified atom stereocenters. The van der Waals surface area contributed by atoms with Crippen LogP contribution in [0.25, 0.3) is 0 Å². The number of carbonyl (C=O) groups is 1. The summed E-state index contributed by atoms with van der Waals surface area (Å²) >= 11 is 2.00. The summed E-state index contributed by atoms with van der Waals surface area (Å²) < 4.78 is 0. The highest BCUT2D eigenvalue weighted by molar-refractivity contribution is 7.99. The van der Waals surface area contributed by atoms with Crippen LogP contribution < -0.4 is 10.6 Å². The fraction of sp³-hybridized carbons (Fsp3) is 0.533. The van der Waals surface area contributed by atoms with Crippen molar-refractivity contribution in [2.24, 2.45) is 5.92 Å². The number of amides is 1. The molecule has 1 fully saturated rings. The highest BCUT2D eigenvalue weighted by Gasteiger charge is 2.26. The summed E-state index contributed by atoms with van der Waals surface area (Å²) in [5.74, 6) is 3.34. The lowest BCUT2D eigenvalue weighted by Crippen LogP contribution is -2.35. The van der Waals surface area contributed by atoms with Crippen LogP contribution in [0.5, 0.6) is 0 Å². The first kappa shape index (κ1) is 12.9. The smallest absolute Gasteiger partial charge is 0.227 e. The van der Waals surface area contributed by atoms with E-state index in [1.54, 1.807) is 0 Å². The maximum Gasteiger partial charge on any atom is 0.227 e. The molecule has 3 rings (SSSR count). The summed E-state index contributed by atoms with van der Waals surface area (Å²) in [7, 11) is 0. The zero-order valence-corrected chi connectivity index (χ0v) is 11.8. The maximum atomic E-state index is 12.4. The van der Waals surface area contributed by atoms with Gasteiger partial charge in [-0.1, -0.05) is 18.2 Å². The van der Waals surface area contributed by atoms with Crippen molar-refractivity contribution in [3.8, 4) is 0 Å². The second-order valence-corrected chi connectivity index (χ2v) is 6.48. The van der Waals surface area contributed by atoms with Crippen LogP contribution in [0.4, 0.5) is 5.69 Å². The van der Waals surface area contributed by atoms with E-state index in [1.165, 1.54) is 17.9 Å². The number of benzene rings is 1. The molecule has 1 aromatic rings. The van der Waals surface area contributed by atoms with E-state index in [1.807, 2.05) is 23.9 Å². The van der Waals surface area contributed by atoms with Crippen molar-refractivity contribution in [3.63, 3.8) is 0 Å². The first-order valence-corrected chi connectivity index (χ1v) is 8.18. The Hall–Kier alpha value is -1.16. The van der Waals surface area contributed by atoms with E-state index in [2.05, 4.69) is 22.8 Å². The zero-order chi connectivity index (χ0) is 13.1. The van der Waals surface area contributed by atoms with Crippen LogP contribution >= 0.6 is 11.8 Å². The van der Waals surface area contributed by atoms with Crippen LogP contribution in [0.15, 0.2) is 24.3 Å². The molecule has 0 aliphatic carbocycles. The van der Waals surface area contributed by atoms with Crippen LogP contribution in [-0.2, 0) is 4.79 Å². The number of hydrogen-bond acceptors (Lipinski definition) is 3. The van der Waals surface area contributed by atoms with Gasteiger partial charge in [0.1, 0.15) is 0 Å². The number of para-hydroxylation sites is 1. The summed E-state index contributed by atoms with van der Waals surface area (Å²) in [6.45, 7) is 1.73. The molecule has 2 heterocycles. The molecule has 1 amide bonds. The van der Waals surface area contributed by atoms with E-state index in [0.29, 0.717) is 5.92 Å². The van der Waals surface area contributed by atoms with Crippen LogP contribution in [0, 0.1) is 5.92 Å². The molecule has 102 valence electrons. The second-order valence-electron chi connectivity index (χ2n) is 5.33. The average molecular weight is 276 g/mol. The highest BCUT2D eigenvalue weighted by atomic mass is 32.2. The fourth-order valence-corrected chi connectivity index (χ4v) is 4.14. The van der Waals surface area contributed by atoms with E-state index in [-0.39, 0.29) is 11.8 Å². The third kappa shape index (κ3) is 2.89. The maximum absolute atomic E-state index is 12.4. The molecule has 0 aromatic heterocycles. The first-order valence-electron chi connectivity index (χ1n) is 7.03. The number of anilines is 1. The number of rotatable bonds is 3. The number of hydrogen-bond donors (Lipinski definition) is 2. The lowest BCUT2D eigenvalue weighted by atomic mass is 9.90. The normalized spacial score (nSPS) is 25.5. The lowest BCUT2D eigenvalue weighted by molar-refractivity contribution is -0.122. The Labute approximate surface area is 118 Å². The molecular weight excluding hydrogens is 256 g/mol. The molecule has 0 spiro atoms. The van der Waals surface area contributed by atoms with Crippen molar-refractivity contribution < 1.29 is 4.79 Å². The minimum Gasteiger partial charge on any atom is -0.385 e. The molecular formula is C15H20N2OS. The van der Waals surface area contributed by atoms with Gasteiger partial charge in [-0.25, -0.2) is 0 Å². The van der Waals surface area contributed by atoms with Crippen molar-refractivity contribution in [1.29, 1.82) is 0 Å². The Balaban J connectivity index is 1.64. The standard InChI is InChI=1S/C15H20N2OS/c18-15(17-9-11-6-8-19-10-11)13-5-7-16-14-4-2-1-3-12(13)14/h1-4,11,13,16H,5-10H2,(H,17,18). The van der Waals surface area contributed by atoms with Gasteiger partial charge in [0.05, 0.1) is 5.92 Å². The molecule has 1 saturated heterocycles. The first-order chi connectivity index (χ1) is 9.34. The second kappa shape index (κ2) is 5.87. The van der Waals surface area contributed by atoms with Gasteiger partial charge in [-0.3, -0.25) is 4.79 Å². The molecule has 19 heavy (non-hydrogen) atoms. The van der Waals surface area contributed by atoms with E-state index >= 15 is 0 Å². The van der Waals surface area contributed by atoms with E-state index in [9.17, 15) is 4.79 Å². The summed E-state index contributed by atoms with van der Waals surface area (Å²) in [4.78, 5) is 12.4. The van der Waals surface area contributed by atoms with Gasteiger partial charge in [0.25, 0.3) is 0 Å². The SMILES string of the molecule is O=C(NCC1CCSC1)C1CCNc2ccccc21. The van der Waals surface area contributed by atoms with Crippen LogP contribution in [0.2, 0.25) is 0 Å². The summed E-state index contributed by atoms with van der Waals surface area (Å²) in [5.41, 5.74) is 2.26. The third-order valence-electron chi connectivity index (χ3n) is 3.99. The van der Waals surface area contributed by atoms with E-state index in [0.717, 1.165) is 30.8 Å². The molecule has 0 radical (unpaired) electrons. The van der Waals surface area contributed by atoms with Crippen molar-refractivity contribution in [3.05, 3.63) is 29.8 Å². The molecule has 1 aromatic carbocycles. The van der Waals surface area contributed by atoms with Crippen molar-refractivity contribution in [1.82, 2.24) is 5.32 Å². The number of fused-ring (bicyclic) bond motifs is 1. The quantitative estimate of drug-likeness (QED) is 0.891. The monoisotopic (exact) mass is 276 g/mol. The van der Waals surface area contributed by atoms with Crippen LogP contribution in [0.3, 0.4) is 0 Å². The molecule has 3 nitrogen and oxygen atoms in total. The van der Waals surface area contributed by atoms with Gasteiger partial charge >= 0.3 is 0 Å². The van der Waals surface area contributed by atoms with Gasteiger partial charge in [0.2, 0.25) is 5.91 Å². The molecule has 0 bridgehead atoms. The summed E-state index contributed by atoms with van der Waals surface area (Å²) in [6.07, 6.45) is 2.13. The van der Waals surface area contributed by atoms with E-state index in [4.69, 9.17) is 0 Å². The van der Waals surface area contributed by atoms with Gasteiger partial charge in [-0.15, -0.1) is 0 Å². The largest absolute Gasteiger partial charge is 0.385 e. The van der Waals surface area contributed by atoms with Gasteiger partial charge < -0.3 is 10.6 Å². The molecule has 4 heteroatoms. The molecule has 0 saturated carbocycles. The zero-order valence-electron chi connectivity index (χ0n) is 11.0. The minimum atomic E-state index is 0.0199.